The van der Waals surface area contributed by atoms with Gasteiger partial charge in [0.1, 0.15) is 0 Å². The summed E-state index contributed by atoms with van der Waals surface area (Å²) in [6, 6.07) is 6.50. The molecule has 0 saturated heterocycles. The van der Waals surface area contributed by atoms with Crippen molar-refractivity contribution in [3.8, 4) is 0 Å². The summed E-state index contributed by atoms with van der Waals surface area (Å²) in [7, 11) is 0. The number of nitrogens with zero attached hydrogens (tertiary/aromatic N) is 1. The second kappa shape index (κ2) is 5.25. The van der Waals surface area contributed by atoms with E-state index >= 15 is 0 Å². The van der Waals surface area contributed by atoms with Gasteiger partial charge in [0.25, 0.3) is 11.8 Å². The van der Waals surface area contributed by atoms with Crippen LogP contribution in [0.5, 0.6) is 0 Å². The van der Waals surface area contributed by atoms with Crippen LogP contribution in [0.25, 0.3) is 0 Å². The minimum absolute atomic E-state index is 0.0241. The molecule has 1 heterocycles. The first-order valence-electron chi connectivity index (χ1n) is 6.25. The molecule has 2 aromatic carbocycles. The Morgan fingerprint density at radius 1 is 0.870 bits per heavy atom. The number of alkyl halides is 3. The zero-order valence-electron chi connectivity index (χ0n) is 11.1. The average molecular weight is 360 g/mol. The number of rotatable bonds is 1. The van der Waals surface area contributed by atoms with Crippen molar-refractivity contribution in [3.63, 3.8) is 0 Å². The molecule has 0 bridgehead atoms. The lowest BCUT2D eigenvalue weighted by atomic mass is 10.1. The van der Waals surface area contributed by atoms with Gasteiger partial charge in [-0.05, 0) is 36.4 Å². The van der Waals surface area contributed by atoms with E-state index in [1.807, 2.05) is 0 Å². The smallest absolute Gasteiger partial charge is 0.268 e. The molecule has 2 aromatic rings. The summed E-state index contributed by atoms with van der Waals surface area (Å²) in [6.07, 6.45) is -4.62. The van der Waals surface area contributed by atoms with Crippen LogP contribution in [0.15, 0.2) is 36.4 Å². The Morgan fingerprint density at radius 3 is 2.17 bits per heavy atom. The summed E-state index contributed by atoms with van der Waals surface area (Å²) in [4.78, 5) is 25.4. The fraction of sp³-hybridized carbons (Fsp3) is 0.0667. The van der Waals surface area contributed by atoms with E-state index in [2.05, 4.69) is 0 Å². The van der Waals surface area contributed by atoms with Gasteiger partial charge in [-0.25, -0.2) is 4.90 Å². The standard InChI is InChI=1S/C15H6Cl2F3NO2/c16-8-2-3-9-10(6-8)14(23)21(13(9)22)12-5-7(15(18,19)20)1-4-11(12)17/h1-6H. The van der Waals surface area contributed by atoms with Crippen LogP contribution in [0.4, 0.5) is 18.9 Å². The first kappa shape index (κ1) is 15.8. The van der Waals surface area contributed by atoms with Gasteiger partial charge < -0.3 is 0 Å². The van der Waals surface area contributed by atoms with Crippen molar-refractivity contribution in [2.75, 3.05) is 4.90 Å². The van der Waals surface area contributed by atoms with Gasteiger partial charge in [-0.2, -0.15) is 13.2 Å². The highest BCUT2D eigenvalue weighted by atomic mass is 35.5. The molecule has 0 saturated carbocycles. The van der Waals surface area contributed by atoms with Crippen LogP contribution in [-0.4, -0.2) is 11.8 Å². The number of carbonyl (C=O) groups excluding carboxylic acids is 2. The van der Waals surface area contributed by atoms with Crippen LogP contribution in [0.2, 0.25) is 10.0 Å². The molecule has 0 N–H and O–H groups in total. The number of benzene rings is 2. The summed E-state index contributed by atoms with van der Waals surface area (Å²) >= 11 is 11.7. The molecule has 0 aromatic heterocycles. The Kier molecular flexibility index (Phi) is 3.61. The normalized spacial score (nSPS) is 14.4. The van der Waals surface area contributed by atoms with Gasteiger partial charge in [0, 0.05) is 5.02 Å². The van der Waals surface area contributed by atoms with Gasteiger partial charge in [-0.1, -0.05) is 23.2 Å². The first-order valence-corrected chi connectivity index (χ1v) is 7.01. The molecule has 0 radical (unpaired) electrons. The minimum atomic E-state index is -4.62. The predicted octanol–water partition coefficient (Wildman–Crippen LogP) is 4.81. The first-order chi connectivity index (χ1) is 10.7. The molecular weight excluding hydrogens is 354 g/mol. The van der Waals surface area contributed by atoms with E-state index in [0.717, 1.165) is 12.1 Å². The van der Waals surface area contributed by atoms with Gasteiger partial charge in [-0.15, -0.1) is 0 Å². The second-order valence-electron chi connectivity index (χ2n) is 4.80. The topological polar surface area (TPSA) is 37.4 Å². The fourth-order valence-corrected chi connectivity index (χ4v) is 2.67. The van der Waals surface area contributed by atoms with Crippen molar-refractivity contribution in [2.24, 2.45) is 0 Å². The molecule has 0 unspecified atom stereocenters. The summed E-state index contributed by atoms with van der Waals surface area (Å²) < 4.78 is 38.5. The number of hydrogen-bond acceptors (Lipinski definition) is 2. The van der Waals surface area contributed by atoms with E-state index in [-0.39, 0.29) is 26.9 Å². The van der Waals surface area contributed by atoms with Gasteiger partial charge in [-0.3, -0.25) is 9.59 Å². The zero-order chi connectivity index (χ0) is 16.9. The van der Waals surface area contributed by atoms with E-state index < -0.39 is 23.6 Å². The third kappa shape index (κ3) is 2.58. The highest BCUT2D eigenvalue weighted by molar-refractivity contribution is 6.40. The molecule has 1 aliphatic rings. The maximum atomic E-state index is 12.8. The summed E-state index contributed by atoms with van der Waals surface area (Å²) in [5, 5.41) is 0.0977. The fourth-order valence-electron chi connectivity index (χ4n) is 2.29. The largest absolute Gasteiger partial charge is 0.416 e. The highest BCUT2D eigenvalue weighted by Gasteiger charge is 2.39. The van der Waals surface area contributed by atoms with E-state index in [0.29, 0.717) is 11.0 Å². The predicted molar refractivity (Wildman–Crippen MR) is 79.0 cm³/mol. The van der Waals surface area contributed by atoms with Crippen molar-refractivity contribution in [2.45, 2.75) is 6.18 Å². The van der Waals surface area contributed by atoms with Crippen LogP contribution < -0.4 is 4.90 Å². The SMILES string of the molecule is O=C1c2ccc(Cl)cc2C(=O)N1c1cc(C(F)(F)F)ccc1Cl. The van der Waals surface area contributed by atoms with E-state index in [9.17, 15) is 22.8 Å². The van der Waals surface area contributed by atoms with Gasteiger partial charge in [0.05, 0.1) is 27.4 Å². The quantitative estimate of drug-likeness (QED) is 0.685. The molecule has 23 heavy (non-hydrogen) atoms. The van der Waals surface area contributed by atoms with Crippen LogP contribution in [0.3, 0.4) is 0 Å². The van der Waals surface area contributed by atoms with E-state index in [4.69, 9.17) is 23.2 Å². The van der Waals surface area contributed by atoms with Crippen LogP contribution >= 0.6 is 23.2 Å². The Balaban J connectivity index is 2.14. The maximum absolute atomic E-state index is 12.8. The molecule has 8 heteroatoms. The molecule has 0 spiro atoms. The van der Waals surface area contributed by atoms with Crippen LogP contribution in [0, 0.1) is 0 Å². The molecular formula is C15H6Cl2F3NO2. The van der Waals surface area contributed by atoms with Crippen molar-refractivity contribution in [3.05, 3.63) is 63.1 Å². The molecule has 118 valence electrons. The third-order valence-electron chi connectivity index (χ3n) is 3.36. The molecule has 0 fully saturated rings. The number of carbonyl (C=O) groups is 2. The number of fused-ring (bicyclic) bond motifs is 1. The van der Waals surface area contributed by atoms with Gasteiger partial charge >= 0.3 is 6.18 Å². The third-order valence-corrected chi connectivity index (χ3v) is 3.92. The van der Waals surface area contributed by atoms with Crippen LogP contribution in [0.1, 0.15) is 26.3 Å². The van der Waals surface area contributed by atoms with Crippen molar-refractivity contribution in [1.29, 1.82) is 0 Å². The minimum Gasteiger partial charge on any atom is -0.268 e. The molecule has 2 amide bonds. The van der Waals surface area contributed by atoms with E-state index in [1.54, 1.807) is 0 Å². The Hall–Kier alpha value is -2.05. The van der Waals surface area contributed by atoms with Crippen molar-refractivity contribution >= 4 is 40.7 Å². The Bertz CT molecular complexity index is 849. The highest BCUT2D eigenvalue weighted by Crippen LogP contribution is 2.38. The molecule has 0 atom stereocenters. The summed E-state index contributed by atoms with van der Waals surface area (Å²) in [5.74, 6) is -1.52. The van der Waals surface area contributed by atoms with Gasteiger partial charge in [0.15, 0.2) is 0 Å². The molecule has 3 rings (SSSR count). The van der Waals surface area contributed by atoms with Crippen molar-refractivity contribution in [1.82, 2.24) is 0 Å². The van der Waals surface area contributed by atoms with E-state index in [1.165, 1.54) is 18.2 Å². The lowest BCUT2D eigenvalue weighted by Crippen LogP contribution is -2.30. The van der Waals surface area contributed by atoms with Gasteiger partial charge in [0.2, 0.25) is 0 Å². The number of hydrogen-bond donors (Lipinski definition) is 0. The Morgan fingerprint density at radius 2 is 1.52 bits per heavy atom. The monoisotopic (exact) mass is 359 g/mol. The molecule has 0 aliphatic carbocycles. The molecule has 3 nitrogen and oxygen atoms in total. The zero-order valence-corrected chi connectivity index (χ0v) is 12.6. The molecule has 1 aliphatic heterocycles. The lowest BCUT2D eigenvalue weighted by Gasteiger charge is -2.17. The lowest BCUT2D eigenvalue weighted by molar-refractivity contribution is -0.137. The van der Waals surface area contributed by atoms with Crippen LogP contribution in [-0.2, 0) is 6.18 Å². The maximum Gasteiger partial charge on any atom is 0.416 e. The summed E-state index contributed by atoms with van der Waals surface area (Å²) in [6.45, 7) is 0. The Labute approximate surface area is 138 Å². The number of amides is 2. The number of halogens is 5. The average Bonchev–Trinajstić information content (AvgIpc) is 2.70. The number of imide groups is 1. The second-order valence-corrected chi connectivity index (χ2v) is 5.64. The summed E-state index contributed by atoms with van der Waals surface area (Å²) in [5.41, 5.74) is -1.24. The van der Waals surface area contributed by atoms with Crippen molar-refractivity contribution < 1.29 is 22.8 Å². The number of anilines is 1.